The molecule has 1 heterocycles. The largest absolute Gasteiger partial charge is 0.313 e. The number of sulfonamides is 1. The van der Waals surface area contributed by atoms with Gasteiger partial charge in [0, 0.05) is 10.5 Å². The zero-order valence-electron chi connectivity index (χ0n) is 10.6. The van der Waals surface area contributed by atoms with E-state index in [1.165, 1.54) is 0 Å². The number of nitrogens with one attached hydrogen (secondary N) is 2. The molecule has 112 valence electrons. The molecule has 1 aliphatic heterocycles. The van der Waals surface area contributed by atoms with Crippen LogP contribution in [0.25, 0.3) is 0 Å². The van der Waals surface area contributed by atoms with Crippen molar-refractivity contribution in [2.75, 3.05) is 17.0 Å². The average molecular weight is 369 g/mol. The summed E-state index contributed by atoms with van der Waals surface area (Å²) in [6, 6.07) is 1.85. The van der Waals surface area contributed by atoms with Crippen LogP contribution in [0.15, 0.2) is 16.6 Å². The van der Waals surface area contributed by atoms with Crippen LogP contribution in [-0.2, 0) is 10.0 Å². The lowest BCUT2D eigenvalue weighted by molar-refractivity contribution is 0.424. The standard InChI is InChI=1S/C12H15BrF2N2O2S/c13-8-5-10(14)12(11(15)6-8)17-20(18,19)7-9-3-1-2-4-16-9/h5-6,9,16-17H,1-4,7H2. The van der Waals surface area contributed by atoms with Crippen molar-refractivity contribution in [1.29, 1.82) is 0 Å². The first-order chi connectivity index (χ1) is 9.37. The minimum Gasteiger partial charge on any atom is -0.313 e. The summed E-state index contributed by atoms with van der Waals surface area (Å²) in [5.74, 6) is -2.09. The van der Waals surface area contributed by atoms with Crippen LogP contribution >= 0.6 is 15.9 Å². The van der Waals surface area contributed by atoms with E-state index in [9.17, 15) is 17.2 Å². The van der Waals surface area contributed by atoms with Crippen LogP contribution in [0.3, 0.4) is 0 Å². The molecule has 0 spiro atoms. The molecular weight excluding hydrogens is 354 g/mol. The molecule has 2 N–H and O–H groups in total. The van der Waals surface area contributed by atoms with Crippen molar-refractivity contribution in [2.45, 2.75) is 25.3 Å². The molecule has 1 aromatic carbocycles. The fraction of sp³-hybridized carbons (Fsp3) is 0.500. The predicted octanol–water partition coefficient (Wildman–Crippen LogP) is 2.61. The Morgan fingerprint density at radius 3 is 2.50 bits per heavy atom. The Hall–Kier alpha value is -0.730. The Balaban J connectivity index is 2.11. The molecular formula is C12H15BrF2N2O2S. The first kappa shape index (κ1) is 15.7. The van der Waals surface area contributed by atoms with Gasteiger partial charge in [0.2, 0.25) is 10.0 Å². The van der Waals surface area contributed by atoms with Crippen LogP contribution in [-0.4, -0.2) is 26.8 Å². The fourth-order valence-corrected chi connectivity index (χ4v) is 3.97. The first-order valence-corrected chi connectivity index (χ1v) is 8.70. The van der Waals surface area contributed by atoms with E-state index in [2.05, 4.69) is 21.2 Å². The molecule has 8 heteroatoms. The number of anilines is 1. The van der Waals surface area contributed by atoms with Crippen LogP contribution < -0.4 is 10.0 Å². The fourth-order valence-electron chi connectivity index (χ4n) is 2.17. The number of hydrogen-bond donors (Lipinski definition) is 2. The van der Waals surface area contributed by atoms with Gasteiger partial charge in [-0.05, 0) is 31.5 Å². The minimum atomic E-state index is -3.80. The van der Waals surface area contributed by atoms with Crippen LogP contribution in [0.2, 0.25) is 0 Å². The van der Waals surface area contributed by atoms with Crippen molar-refractivity contribution in [2.24, 2.45) is 0 Å². The Morgan fingerprint density at radius 1 is 1.30 bits per heavy atom. The third-order valence-electron chi connectivity index (χ3n) is 3.10. The lowest BCUT2D eigenvalue weighted by Gasteiger charge is -2.23. The van der Waals surface area contributed by atoms with E-state index >= 15 is 0 Å². The van der Waals surface area contributed by atoms with E-state index in [4.69, 9.17) is 0 Å². The zero-order chi connectivity index (χ0) is 14.8. The summed E-state index contributed by atoms with van der Waals surface area (Å²) in [7, 11) is -3.80. The summed E-state index contributed by atoms with van der Waals surface area (Å²) in [6.07, 6.45) is 2.71. The van der Waals surface area contributed by atoms with Crippen LogP contribution in [0.4, 0.5) is 14.5 Å². The molecule has 0 bridgehead atoms. The molecule has 1 unspecified atom stereocenters. The second-order valence-corrected chi connectivity index (χ2v) is 7.46. The molecule has 1 fully saturated rings. The quantitative estimate of drug-likeness (QED) is 0.858. The van der Waals surface area contributed by atoms with Gasteiger partial charge in [-0.2, -0.15) is 0 Å². The highest BCUT2D eigenvalue weighted by Crippen LogP contribution is 2.25. The number of hydrogen-bond acceptors (Lipinski definition) is 3. The normalized spacial score (nSPS) is 19.9. The summed E-state index contributed by atoms with van der Waals surface area (Å²) < 4.78 is 53.3. The minimum absolute atomic E-state index is 0.178. The van der Waals surface area contributed by atoms with Gasteiger partial charge < -0.3 is 5.32 Å². The molecule has 0 saturated carbocycles. The molecule has 1 aromatic rings. The molecule has 0 aromatic heterocycles. The molecule has 0 amide bonds. The summed E-state index contributed by atoms with van der Waals surface area (Å²) in [6.45, 7) is 0.765. The van der Waals surface area contributed by atoms with Gasteiger partial charge in [0.05, 0.1) is 5.75 Å². The molecule has 0 aliphatic carbocycles. The highest BCUT2D eigenvalue weighted by molar-refractivity contribution is 9.10. The van der Waals surface area contributed by atoms with Crippen molar-refractivity contribution in [3.63, 3.8) is 0 Å². The van der Waals surface area contributed by atoms with Gasteiger partial charge in [-0.1, -0.05) is 22.4 Å². The average Bonchev–Trinajstić information content (AvgIpc) is 2.34. The van der Waals surface area contributed by atoms with Crippen molar-refractivity contribution < 1.29 is 17.2 Å². The van der Waals surface area contributed by atoms with Gasteiger partial charge in [0.25, 0.3) is 0 Å². The first-order valence-electron chi connectivity index (χ1n) is 6.26. The number of rotatable bonds is 4. The lowest BCUT2D eigenvalue weighted by Crippen LogP contribution is -2.40. The third kappa shape index (κ3) is 4.13. The Morgan fingerprint density at radius 2 is 1.95 bits per heavy atom. The number of piperidine rings is 1. The maximum Gasteiger partial charge on any atom is 0.234 e. The van der Waals surface area contributed by atoms with Gasteiger partial charge in [0.15, 0.2) is 11.6 Å². The van der Waals surface area contributed by atoms with Crippen molar-refractivity contribution in [3.05, 3.63) is 28.2 Å². The van der Waals surface area contributed by atoms with E-state index in [0.29, 0.717) is 0 Å². The van der Waals surface area contributed by atoms with Crippen molar-refractivity contribution in [1.82, 2.24) is 5.32 Å². The topological polar surface area (TPSA) is 58.2 Å². The van der Waals surface area contributed by atoms with E-state index in [1.807, 2.05) is 4.72 Å². The Bertz CT molecular complexity index is 566. The number of benzene rings is 1. The third-order valence-corrected chi connectivity index (χ3v) is 4.91. The SMILES string of the molecule is O=S(=O)(CC1CCCCN1)Nc1c(F)cc(Br)cc1F. The van der Waals surface area contributed by atoms with Gasteiger partial charge in [0.1, 0.15) is 5.69 Å². The highest BCUT2D eigenvalue weighted by atomic mass is 79.9. The maximum atomic E-state index is 13.6. The second kappa shape index (κ2) is 6.36. The van der Waals surface area contributed by atoms with Gasteiger partial charge in [-0.3, -0.25) is 4.72 Å². The molecule has 1 atom stereocenters. The molecule has 1 aliphatic rings. The summed E-state index contributed by atoms with van der Waals surface area (Å²) >= 11 is 2.94. The lowest BCUT2D eigenvalue weighted by atomic mass is 10.1. The summed E-state index contributed by atoms with van der Waals surface area (Å²) in [5.41, 5.74) is -0.635. The van der Waals surface area contributed by atoms with E-state index in [1.54, 1.807) is 0 Å². The molecule has 1 saturated heterocycles. The van der Waals surface area contributed by atoms with E-state index < -0.39 is 27.3 Å². The highest BCUT2D eigenvalue weighted by Gasteiger charge is 2.23. The van der Waals surface area contributed by atoms with E-state index in [-0.39, 0.29) is 16.3 Å². The van der Waals surface area contributed by atoms with E-state index in [0.717, 1.165) is 37.9 Å². The van der Waals surface area contributed by atoms with Gasteiger partial charge in [-0.15, -0.1) is 0 Å². The maximum absolute atomic E-state index is 13.6. The molecule has 4 nitrogen and oxygen atoms in total. The Labute approximate surface area is 125 Å². The van der Waals surface area contributed by atoms with Gasteiger partial charge in [-0.25, -0.2) is 17.2 Å². The Kier molecular flexibility index (Phi) is 4.98. The number of halogens is 3. The molecule has 2 rings (SSSR count). The van der Waals surface area contributed by atoms with Gasteiger partial charge >= 0.3 is 0 Å². The molecule has 0 radical (unpaired) electrons. The smallest absolute Gasteiger partial charge is 0.234 e. The second-order valence-electron chi connectivity index (χ2n) is 4.77. The summed E-state index contributed by atoms with van der Waals surface area (Å²) in [4.78, 5) is 0. The van der Waals surface area contributed by atoms with Crippen LogP contribution in [0.1, 0.15) is 19.3 Å². The molecule has 20 heavy (non-hydrogen) atoms. The van der Waals surface area contributed by atoms with Crippen LogP contribution in [0.5, 0.6) is 0 Å². The predicted molar refractivity (Wildman–Crippen MR) is 77.1 cm³/mol. The van der Waals surface area contributed by atoms with Crippen molar-refractivity contribution >= 4 is 31.6 Å². The van der Waals surface area contributed by atoms with Crippen molar-refractivity contribution in [3.8, 4) is 0 Å². The van der Waals surface area contributed by atoms with Crippen LogP contribution in [0, 0.1) is 11.6 Å². The monoisotopic (exact) mass is 368 g/mol. The summed E-state index contributed by atoms with van der Waals surface area (Å²) in [5, 5.41) is 3.09. The zero-order valence-corrected chi connectivity index (χ0v) is 13.0.